The first-order valence-corrected chi connectivity index (χ1v) is 9.15. The zero-order chi connectivity index (χ0) is 14.5. The van der Waals surface area contributed by atoms with E-state index in [0.717, 1.165) is 5.92 Å². The Labute approximate surface area is 130 Å². The number of likely N-dealkylation sites (N-methyl/N-ethyl adjacent to an activating group) is 1. The van der Waals surface area contributed by atoms with Crippen molar-refractivity contribution in [1.29, 1.82) is 0 Å². The van der Waals surface area contributed by atoms with E-state index in [0.29, 0.717) is 6.04 Å². The molecule has 0 spiro atoms. The molecule has 0 aromatic heterocycles. The fourth-order valence-corrected chi connectivity index (χ4v) is 4.40. The molecule has 2 aliphatic rings. The van der Waals surface area contributed by atoms with Gasteiger partial charge in [0, 0.05) is 6.04 Å². The fraction of sp³-hybridized carbons (Fsp3) is 0.700. The zero-order valence-electron chi connectivity index (χ0n) is 13.7. The van der Waals surface area contributed by atoms with Crippen LogP contribution in [0.5, 0.6) is 0 Å². The zero-order valence-corrected chi connectivity index (χ0v) is 13.7. The molecule has 116 valence electrons. The van der Waals surface area contributed by atoms with Gasteiger partial charge in [-0.2, -0.15) is 0 Å². The molecule has 1 fully saturated rings. The molecule has 1 nitrogen and oxygen atoms in total. The summed E-state index contributed by atoms with van der Waals surface area (Å²) in [5, 5.41) is 3.64. The molecule has 0 amide bonds. The summed E-state index contributed by atoms with van der Waals surface area (Å²) in [4.78, 5) is 0. The molecule has 1 atom stereocenters. The van der Waals surface area contributed by atoms with Gasteiger partial charge in [-0.1, -0.05) is 50.3 Å². The monoisotopic (exact) mass is 285 g/mol. The van der Waals surface area contributed by atoms with Gasteiger partial charge in [0.05, 0.1) is 0 Å². The number of nitrogens with one attached hydrogen (secondary N) is 1. The van der Waals surface area contributed by atoms with Gasteiger partial charge in [0.2, 0.25) is 0 Å². The Morgan fingerprint density at radius 3 is 2.43 bits per heavy atom. The lowest BCUT2D eigenvalue weighted by atomic mass is 9.83. The van der Waals surface area contributed by atoms with Crippen molar-refractivity contribution in [3.8, 4) is 0 Å². The highest BCUT2D eigenvalue weighted by Crippen LogP contribution is 2.28. The van der Waals surface area contributed by atoms with E-state index < -0.39 is 0 Å². The van der Waals surface area contributed by atoms with E-state index in [4.69, 9.17) is 0 Å². The van der Waals surface area contributed by atoms with Gasteiger partial charge in [-0.3, -0.25) is 0 Å². The van der Waals surface area contributed by atoms with E-state index in [2.05, 4.69) is 30.6 Å². The van der Waals surface area contributed by atoms with Crippen LogP contribution in [-0.2, 0) is 19.3 Å². The molecular formula is C20H31N. The Morgan fingerprint density at radius 1 is 0.952 bits per heavy atom. The van der Waals surface area contributed by atoms with Crippen molar-refractivity contribution in [2.45, 2.75) is 76.7 Å². The Bertz CT molecular complexity index is 443. The van der Waals surface area contributed by atoms with Crippen LogP contribution < -0.4 is 5.32 Å². The molecule has 0 radical (unpaired) electrons. The summed E-state index contributed by atoms with van der Waals surface area (Å²) in [5.74, 6) is 0.878. The van der Waals surface area contributed by atoms with Gasteiger partial charge in [-0.05, 0) is 68.2 Å². The van der Waals surface area contributed by atoms with Crippen molar-refractivity contribution >= 4 is 0 Å². The number of aryl methyl sites for hydroxylation is 2. The van der Waals surface area contributed by atoms with E-state index in [1.165, 1.54) is 70.6 Å². The number of hydrogen-bond donors (Lipinski definition) is 1. The summed E-state index contributed by atoms with van der Waals surface area (Å²) in [7, 11) is 2.16. The maximum absolute atomic E-state index is 3.64. The van der Waals surface area contributed by atoms with Crippen molar-refractivity contribution in [2.75, 3.05) is 7.05 Å². The van der Waals surface area contributed by atoms with Crippen molar-refractivity contribution < 1.29 is 0 Å². The summed E-state index contributed by atoms with van der Waals surface area (Å²) in [6.07, 6.45) is 15.3. The normalized spacial score (nSPS) is 21.6. The quantitative estimate of drug-likeness (QED) is 0.848. The molecule has 1 unspecified atom stereocenters. The van der Waals surface area contributed by atoms with Gasteiger partial charge in [0.1, 0.15) is 0 Å². The molecule has 1 N–H and O–H groups in total. The van der Waals surface area contributed by atoms with Crippen LogP contribution in [0.15, 0.2) is 18.2 Å². The molecular weight excluding hydrogens is 254 g/mol. The summed E-state index contributed by atoms with van der Waals surface area (Å²) < 4.78 is 0. The lowest BCUT2D eigenvalue weighted by molar-refractivity contribution is 0.294. The second-order valence-electron chi connectivity index (χ2n) is 7.16. The largest absolute Gasteiger partial charge is 0.316 e. The molecule has 0 bridgehead atoms. The first kappa shape index (κ1) is 15.1. The maximum Gasteiger partial charge on any atom is 0.0133 e. The van der Waals surface area contributed by atoms with Crippen LogP contribution in [0.3, 0.4) is 0 Å². The minimum Gasteiger partial charge on any atom is -0.316 e. The van der Waals surface area contributed by atoms with Crippen LogP contribution in [0.1, 0.15) is 68.1 Å². The molecule has 0 saturated heterocycles. The summed E-state index contributed by atoms with van der Waals surface area (Å²) >= 11 is 0. The third-order valence-corrected chi connectivity index (χ3v) is 5.71. The van der Waals surface area contributed by atoms with Crippen molar-refractivity contribution in [3.05, 3.63) is 34.9 Å². The predicted molar refractivity (Wildman–Crippen MR) is 90.8 cm³/mol. The Balaban J connectivity index is 1.65. The molecule has 2 aliphatic carbocycles. The van der Waals surface area contributed by atoms with Crippen molar-refractivity contribution in [1.82, 2.24) is 5.32 Å². The molecule has 1 aromatic carbocycles. The van der Waals surface area contributed by atoms with Gasteiger partial charge in [0.15, 0.2) is 0 Å². The second-order valence-corrected chi connectivity index (χ2v) is 7.16. The highest BCUT2D eigenvalue weighted by atomic mass is 14.9. The molecule has 21 heavy (non-hydrogen) atoms. The van der Waals surface area contributed by atoms with Gasteiger partial charge < -0.3 is 5.32 Å². The van der Waals surface area contributed by atoms with Gasteiger partial charge in [-0.15, -0.1) is 0 Å². The van der Waals surface area contributed by atoms with E-state index in [9.17, 15) is 0 Å². The van der Waals surface area contributed by atoms with Crippen molar-refractivity contribution in [3.63, 3.8) is 0 Å². The lowest BCUT2D eigenvalue weighted by Crippen LogP contribution is -2.36. The van der Waals surface area contributed by atoms with Crippen LogP contribution in [0.25, 0.3) is 0 Å². The SMILES string of the molecule is CNC(Cc1ccc2c(c1)CCC2)C1CCCCCCC1. The minimum absolute atomic E-state index is 0.669. The average molecular weight is 285 g/mol. The third-order valence-electron chi connectivity index (χ3n) is 5.71. The fourth-order valence-electron chi connectivity index (χ4n) is 4.40. The Kier molecular flexibility index (Phi) is 5.35. The number of hydrogen-bond acceptors (Lipinski definition) is 1. The van der Waals surface area contributed by atoms with Gasteiger partial charge in [0.25, 0.3) is 0 Å². The standard InChI is InChI=1S/C20H31N/c1-21-20(18-8-5-3-2-4-6-9-18)15-16-12-13-17-10-7-11-19(17)14-16/h12-14,18,20-21H,2-11,15H2,1H3. The Hall–Kier alpha value is -0.820. The van der Waals surface area contributed by atoms with E-state index in [-0.39, 0.29) is 0 Å². The van der Waals surface area contributed by atoms with Crippen LogP contribution in [-0.4, -0.2) is 13.1 Å². The number of rotatable bonds is 4. The first-order valence-electron chi connectivity index (χ1n) is 9.15. The van der Waals surface area contributed by atoms with Crippen LogP contribution in [0.4, 0.5) is 0 Å². The topological polar surface area (TPSA) is 12.0 Å². The van der Waals surface area contributed by atoms with Crippen LogP contribution in [0.2, 0.25) is 0 Å². The van der Waals surface area contributed by atoms with Crippen molar-refractivity contribution in [2.24, 2.45) is 5.92 Å². The molecule has 0 heterocycles. The minimum atomic E-state index is 0.669. The van der Waals surface area contributed by atoms with E-state index in [1.807, 2.05) is 0 Å². The number of fused-ring (bicyclic) bond motifs is 1. The molecule has 1 saturated carbocycles. The highest BCUT2D eigenvalue weighted by molar-refractivity contribution is 5.35. The predicted octanol–water partition coefficient (Wildman–Crippen LogP) is 4.67. The molecule has 1 heteroatoms. The van der Waals surface area contributed by atoms with Crippen LogP contribution in [0, 0.1) is 5.92 Å². The van der Waals surface area contributed by atoms with Gasteiger partial charge >= 0.3 is 0 Å². The lowest BCUT2D eigenvalue weighted by Gasteiger charge is -2.29. The summed E-state index contributed by atoms with van der Waals surface area (Å²) in [6.45, 7) is 0. The Morgan fingerprint density at radius 2 is 1.67 bits per heavy atom. The molecule has 0 aliphatic heterocycles. The number of benzene rings is 1. The maximum atomic E-state index is 3.64. The highest BCUT2D eigenvalue weighted by Gasteiger charge is 2.21. The molecule has 3 rings (SSSR count). The smallest absolute Gasteiger partial charge is 0.0133 e. The van der Waals surface area contributed by atoms with E-state index >= 15 is 0 Å². The molecule has 1 aromatic rings. The van der Waals surface area contributed by atoms with E-state index in [1.54, 1.807) is 16.7 Å². The van der Waals surface area contributed by atoms with Gasteiger partial charge in [-0.25, -0.2) is 0 Å². The summed E-state index contributed by atoms with van der Waals surface area (Å²) in [6, 6.07) is 7.94. The average Bonchev–Trinajstić information content (AvgIpc) is 2.92. The third kappa shape index (κ3) is 3.88. The van der Waals surface area contributed by atoms with Crippen LogP contribution >= 0.6 is 0 Å². The first-order chi connectivity index (χ1) is 10.4. The summed E-state index contributed by atoms with van der Waals surface area (Å²) in [5.41, 5.74) is 4.78. The second kappa shape index (κ2) is 7.45.